The summed E-state index contributed by atoms with van der Waals surface area (Å²) in [6.45, 7) is 0.499. The average molecular weight is 437 g/mol. The van der Waals surface area contributed by atoms with E-state index in [1.165, 1.54) is 11.8 Å². The lowest BCUT2D eigenvalue weighted by molar-refractivity contribution is -0.128. The number of carbonyl (C=O) groups excluding carboxylic acids is 2. The maximum Gasteiger partial charge on any atom is 0.242 e. The van der Waals surface area contributed by atoms with E-state index >= 15 is 0 Å². The van der Waals surface area contributed by atoms with Gasteiger partial charge in [-0.05, 0) is 42.3 Å². The molecule has 7 nitrogen and oxygen atoms in total. The molecule has 2 amide bonds. The van der Waals surface area contributed by atoms with Crippen molar-refractivity contribution >= 4 is 45.3 Å². The number of amides is 2. The van der Waals surface area contributed by atoms with Gasteiger partial charge in [0.1, 0.15) is 11.0 Å². The standard InChI is InChI=1S/C23H24N4O3S/c1-24-23-27(11-10-15-14-25-19-9-8-17(30-2)12-18(15)19)22(29)20(31-23)13-21(28)26-16-6-4-3-5-7-16/h3-9,12,14,20,25H,10-11,13H2,1-2H3,(H,26,28)/t20-/m0/s1. The minimum Gasteiger partial charge on any atom is -0.497 e. The quantitative estimate of drug-likeness (QED) is 0.592. The van der Waals surface area contributed by atoms with Crippen molar-refractivity contribution in [3.63, 3.8) is 0 Å². The molecule has 2 aromatic carbocycles. The van der Waals surface area contributed by atoms with Gasteiger partial charge in [-0.15, -0.1) is 0 Å². The topological polar surface area (TPSA) is 86.8 Å². The van der Waals surface area contributed by atoms with Crippen molar-refractivity contribution in [3.05, 3.63) is 60.3 Å². The molecule has 1 fully saturated rings. The van der Waals surface area contributed by atoms with Gasteiger partial charge < -0.3 is 15.0 Å². The number of fused-ring (bicyclic) bond motifs is 1. The van der Waals surface area contributed by atoms with Gasteiger partial charge in [0, 0.05) is 42.8 Å². The number of hydrogen-bond donors (Lipinski definition) is 2. The number of aliphatic imine (C=N–C) groups is 1. The van der Waals surface area contributed by atoms with Crippen LogP contribution in [0.2, 0.25) is 0 Å². The number of amidine groups is 1. The van der Waals surface area contributed by atoms with Crippen molar-refractivity contribution in [3.8, 4) is 5.75 Å². The molecule has 1 saturated heterocycles. The van der Waals surface area contributed by atoms with Crippen LogP contribution >= 0.6 is 11.8 Å². The fourth-order valence-corrected chi connectivity index (χ4v) is 4.77. The first-order valence-corrected chi connectivity index (χ1v) is 10.9. The van der Waals surface area contributed by atoms with E-state index in [0.717, 1.165) is 27.9 Å². The zero-order valence-electron chi connectivity index (χ0n) is 17.4. The molecule has 8 heteroatoms. The number of nitrogens with zero attached hydrogens (tertiary/aromatic N) is 2. The minimum atomic E-state index is -0.467. The minimum absolute atomic E-state index is 0.0776. The molecular formula is C23H24N4O3S. The summed E-state index contributed by atoms with van der Waals surface area (Å²) < 4.78 is 5.33. The Labute approximate surface area is 184 Å². The first kappa shape index (κ1) is 21.0. The highest BCUT2D eigenvalue weighted by Crippen LogP contribution is 2.31. The molecule has 0 aliphatic carbocycles. The fraction of sp³-hybridized carbons (Fsp3) is 0.261. The molecular weight excluding hydrogens is 412 g/mol. The van der Waals surface area contributed by atoms with Crippen LogP contribution in [-0.4, -0.2) is 52.8 Å². The summed E-state index contributed by atoms with van der Waals surface area (Å²) in [5, 5.41) is 4.11. The van der Waals surface area contributed by atoms with Crippen LogP contribution in [0.1, 0.15) is 12.0 Å². The molecule has 0 unspecified atom stereocenters. The second-order valence-corrected chi connectivity index (χ2v) is 8.37. The summed E-state index contributed by atoms with van der Waals surface area (Å²) >= 11 is 1.35. The normalized spacial score (nSPS) is 17.5. The number of methoxy groups -OCH3 is 1. The van der Waals surface area contributed by atoms with E-state index in [1.54, 1.807) is 19.1 Å². The van der Waals surface area contributed by atoms with E-state index in [2.05, 4.69) is 15.3 Å². The second kappa shape index (κ2) is 9.26. The van der Waals surface area contributed by atoms with Gasteiger partial charge >= 0.3 is 0 Å². The van der Waals surface area contributed by atoms with Crippen molar-refractivity contribution in [2.75, 3.05) is 26.0 Å². The summed E-state index contributed by atoms with van der Waals surface area (Å²) in [5.74, 6) is 0.533. The molecule has 1 aliphatic heterocycles. The Balaban J connectivity index is 1.42. The molecule has 1 aliphatic rings. The van der Waals surface area contributed by atoms with E-state index in [9.17, 15) is 9.59 Å². The third-order valence-electron chi connectivity index (χ3n) is 5.22. The van der Waals surface area contributed by atoms with Crippen molar-refractivity contribution in [1.82, 2.24) is 9.88 Å². The van der Waals surface area contributed by atoms with Crippen LogP contribution in [0, 0.1) is 0 Å². The Bertz CT molecular complexity index is 1130. The van der Waals surface area contributed by atoms with Crippen LogP contribution in [0.3, 0.4) is 0 Å². The van der Waals surface area contributed by atoms with Gasteiger partial charge in [0.15, 0.2) is 5.17 Å². The molecule has 2 N–H and O–H groups in total. The van der Waals surface area contributed by atoms with Gasteiger partial charge in [-0.1, -0.05) is 30.0 Å². The molecule has 1 atom stereocenters. The Morgan fingerprint density at radius 1 is 1.26 bits per heavy atom. The van der Waals surface area contributed by atoms with Gasteiger partial charge in [-0.25, -0.2) is 0 Å². The number of hydrogen-bond acceptors (Lipinski definition) is 5. The number of ether oxygens (including phenoxy) is 1. The second-order valence-electron chi connectivity index (χ2n) is 7.20. The molecule has 0 saturated carbocycles. The van der Waals surface area contributed by atoms with Crippen molar-refractivity contribution in [1.29, 1.82) is 0 Å². The van der Waals surface area contributed by atoms with Gasteiger partial charge in [0.05, 0.1) is 7.11 Å². The Morgan fingerprint density at radius 3 is 2.81 bits per heavy atom. The van der Waals surface area contributed by atoms with Crippen molar-refractivity contribution in [2.45, 2.75) is 18.1 Å². The molecule has 0 radical (unpaired) electrons. The Kier molecular flexibility index (Phi) is 6.27. The first-order valence-electron chi connectivity index (χ1n) is 10.0. The lowest BCUT2D eigenvalue weighted by Gasteiger charge is -2.16. The molecule has 1 aromatic heterocycles. The third kappa shape index (κ3) is 4.59. The molecule has 31 heavy (non-hydrogen) atoms. The van der Waals surface area contributed by atoms with Gasteiger partial charge in [-0.3, -0.25) is 19.5 Å². The zero-order valence-corrected chi connectivity index (χ0v) is 18.2. The number of rotatable bonds is 7. The van der Waals surface area contributed by atoms with Crippen LogP contribution in [0.5, 0.6) is 5.75 Å². The monoisotopic (exact) mass is 436 g/mol. The highest BCUT2D eigenvalue weighted by Gasteiger charge is 2.38. The van der Waals surface area contributed by atoms with Gasteiger partial charge in [0.25, 0.3) is 0 Å². The molecule has 160 valence electrons. The maximum atomic E-state index is 13.0. The maximum absolute atomic E-state index is 13.0. The van der Waals surface area contributed by atoms with E-state index in [4.69, 9.17) is 4.74 Å². The van der Waals surface area contributed by atoms with E-state index < -0.39 is 5.25 Å². The first-order chi connectivity index (χ1) is 15.1. The number of para-hydroxylation sites is 1. The lowest BCUT2D eigenvalue weighted by atomic mass is 10.1. The van der Waals surface area contributed by atoms with E-state index in [0.29, 0.717) is 18.1 Å². The number of benzene rings is 2. The summed E-state index contributed by atoms with van der Waals surface area (Å²) in [7, 11) is 3.32. The Hall–Kier alpha value is -3.26. The third-order valence-corrected chi connectivity index (χ3v) is 6.49. The fourth-order valence-electron chi connectivity index (χ4n) is 3.64. The number of thioether (sulfide) groups is 1. The van der Waals surface area contributed by atoms with Crippen molar-refractivity contribution < 1.29 is 14.3 Å². The number of aromatic amines is 1. The number of carbonyl (C=O) groups is 2. The van der Waals surface area contributed by atoms with Gasteiger partial charge in [-0.2, -0.15) is 0 Å². The number of anilines is 1. The summed E-state index contributed by atoms with van der Waals surface area (Å²) in [6.07, 6.45) is 2.74. The average Bonchev–Trinajstić information content (AvgIpc) is 3.32. The lowest BCUT2D eigenvalue weighted by Crippen LogP contribution is -2.35. The van der Waals surface area contributed by atoms with E-state index in [-0.39, 0.29) is 18.2 Å². The largest absolute Gasteiger partial charge is 0.497 e. The van der Waals surface area contributed by atoms with Crippen LogP contribution < -0.4 is 10.1 Å². The zero-order chi connectivity index (χ0) is 21.8. The van der Waals surface area contributed by atoms with Crippen LogP contribution in [0.15, 0.2) is 59.7 Å². The summed E-state index contributed by atoms with van der Waals surface area (Å²) in [5.41, 5.74) is 2.85. The van der Waals surface area contributed by atoms with Crippen LogP contribution in [0.4, 0.5) is 5.69 Å². The highest BCUT2D eigenvalue weighted by atomic mass is 32.2. The van der Waals surface area contributed by atoms with E-state index in [1.807, 2.05) is 54.7 Å². The molecule has 3 aromatic rings. The highest BCUT2D eigenvalue weighted by molar-refractivity contribution is 8.15. The molecule has 4 rings (SSSR count). The molecule has 0 bridgehead atoms. The van der Waals surface area contributed by atoms with Crippen LogP contribution in [0.25, 0.3) is 10.9 Å². The smallest absolute Gasteiger partial charge is 0.242 e. The number of H-pyrrole nitrogens is 1. The SMILES string of the molecule is CN=C1S[C@@H](CC(=O)Nc2ccccc2)C(=O)N1CCc1c[nH]c2ccc(OC)cc12. The van der Waals surface area contributed by atoms with Crippen molar-refractivity contribution in [2.24, 2.45) is 4.99 Å². The van der Waals surface area contributed by atoms with Gasteiger partial charge in [0.2, 0.25) is 11.8 Å². The predicted octanol–water partition coefficient (Wildman–Crippen LogP) is 3.68. The number of nitrogens with one attached hydrogen (secondary N) is 2. The van der Waals surface area contributed by atoms with Crippen LogP contribution in [-0.2, 0) is 16.0 Å². The molecule has 0 spiro atoms. The summed E-state index contributed by atoms with van der Waals surface area (Å²) in [6, 6.07) is 15.1. The Morgan fingerprint density at radius 2 is 2.06 bits per heavy atom. The molecule has 2 heterocycles. The number of aromatic nitrogens is 1. The summed E-state index contributed by atoms with van der Waals surface area (Å²) in [4.78, 5) is 34.6. The predicted molar refractivity (Wildman–Crippen MR) is 125 cm³/mol.